The van der Waals surface area contributed by atoms with E-state index in [0.717, 1.165) is 32.0 Å². The summed E-state index contributed by atoms with van der Waals surface area (Å²) in [6, 6.07) is 8.78. The van der Waals surface area contributed by atoms with Gasteiger partial charge in [-0.1, -0.05) is 12.1 Å². The fourth-order valence-corrected chi connectivity index (χ4v) is 1.85. The molecule has 1 atom stereocenters. The number of ether oxygens (including phenoxy) is 1. The molecule has 2 N–H and O–H groups in total. The van der Waals surface area contributed by atoms with Gasteiger partial charge in [0, 0.05) is 25.7 Å². The SMILES string of the molecule is CCOc1ccc([C@H]2CNCCN2)cc1.Cl. The van der Waals surface area contributed by atoms with Crippen LogP contribution in [0.3, 0.4) is 0 Å². The van der Waals surface area contributed by atoms with Crippen LogP contribution in [0.4, 0.5) is 0 Å². The first-order valence-corrected chi connectivity index (χ1v) is 5.57. The molecule has 90 valence electrons. The van der Waals surface area contributed by atoms with Crippen molar-refractivity contribution in [2.75, 3.05) is 26.2 Å². The minimum Gasteiger partial charge on any atom is -0.494 e. The van der Waals surface area contributed by atoms with Crippen molar-refractivity contribution < 1.29 is 4.74 Å². The molecule has 1 aromatic carbocycles. The summed E-state index contributed by atoms with van der Waals surface area (Å²) in [5, 5.41) is 6.86. The second-order valence-corrected chi connectivity index (χ2v) is 3.71. The van der Waals surface area contributed by atoms with E-state index in [4.69, 9.17) is 4.74 Å². The van der Waals surface area contributed by atoms with Crippen molar-refractivity contribution in [3.63, 3.8) is 0 Å². The van der Waals surface area contributed by atoms with Crippen molar-refractivity contribution in [2.45, 2.75) is 13.0 Å². The molecule has 0 aliphatic carbocycles. The Morgan fingerprint density at radius 1 is 1.25 bits per heavy atom. The fraction of sp³-hybridized carbons (Fsp3) is 0.500. The smallest absolute Gasteiger partial charge is 0.119 e. The van der Waals surface area contributed by atoms with E-state index in [9.17, 15) is 0 Å². The Morgan fingerprint density at radius 2 is 2.00 bits per heavy atom. The standard InChI is InChI=1S/C12H18N2O.ClH/c1-2-15-11-5-3-10(4-6-11)12-9-13-7-8-14-12;/h3-6,12-14H,2,7-9H2,1H3;1H/t12-;/m1./s1. The molecule has 1 fully saturated rings. The Kier molecular flexibility index (Phi) is 5.60. The van der Waals surface area contributed by atoms with E-state index < -0.39 is 0 Å². The number of benzene rings is 1. The van der Waals surface area contributed by atoms with Gasteiger partial charge in [-0.15, -0.1) is 12.4 Å². The molecule has 0 amide bonds. The first-order valence-electron chi connectivity index (χ1n) is 5.57. The maximum atomic E-state index is 5.41. The number of nitrogens with one attached hydrogen (secondary N) is 2. The molecular formula is C12H19ClN2O. The molecule has 0 aromatic heterocycles. The van der Waals surface area contributed by atoms with E-state index in [2.05, 4.69) is 22.8 Å². The van der Waals surface area contributed by atoms with Crippen molar-refractivity contribution in [2.24, 2.45) is 0 Å². The number of halogens is 1. The third kappa shape index (κ3) is 3.37. The molecule has 1 aliphatic heterocycles. The van der Waals surface area contributed by atoms with Crippen LogP contribution in [0.25, 0.3) is 0 Å². The van der Waals surface area contributed by atoms with Crippen LogP contribution in [0.2, 0.25) is 0 Å². The number of piperazine rings is 1. The summed E-state index contributed by atoms with van der Waals surface area (Å²) in [5.41, 5.74) is 1.32. The normalized spacial score (nSPS) is 19.9. The Hall–Kier alpha value is -0.770. The van der Waals surface area contributed by atoms with Gasteiger partial charge in [0.1, 0.15) is 5.75 Å². The quantitative estimate of drug-likeness (QED) is 0.847. The zero-order chi connectivity index (χ0) is 10.5. The predicted octanol–water partition coefficient (Wildman–Crippen LogP) is 1.74. The Morgan fingerprint density at radius 3 is 2.56 bits per heavy atom. The Labute approximate surface area is 103 Å². The van der Waals surface area contributed by atoms with Crippen LogP contribution in [0.15, 0.2) is 24.3 Å². The number of rotatable bonds is 3. The predicted molar refractivity (Wildman–Crippen MR) is 68.5 cm³/mol. The van der Waals surface area contributed by atoms with Gasteiger partial charge in [-0.2, -0.15) is 0 Å². The zero-order valence-electron chi connectivity index (χ0n) is 9.53. The van der Waals surface area contributed by atoms with Crippen LogP contribution in [0.1, 0.15) is 18.5 Å². The topological polar surface area (TPSA) is 33.3 Å². The largest absolute Gasteiger partial charge is 0.494 e. The lowest BCUT2D eigenvalue weighted by molar-refractivity contribution is 0.340. The van der Waals surface area contributed by atoms with Gasteiger partial charge in [-0.05, 0) is 24.6 Å². The molecule has 0 spiro atoms. The van der Waals surface area contributed by atoms with E-state index in [1.165, 1.54) is 5.56 Å². The van der Waals surface area contributed by atoms with Crippen LogP contribution in [-0.4, -0.2) is 26.2 Å². The van der Waals surface area contributed by atoms with Crippen molar-refractivity contribution in [1.29, 1.82) is 0 Å². The summed E-state index contributed by atoms with van der Waals surface area (Å²) in [7, 11) is 0. The van der Waals surface area contributed by atoms with Gasteiger partial charge in [-0.3, -0.25) is 0 Å². The van der Waals surface area contributed by atoms with Crippen molar-refractivity contribution in [1.82, 2.24) is 10.6 Å². The Balaban J connectivity index is 0.00000128. The summed E-state index contributed by atoms with van der Waals surface area (Å²) in [6.45, 7) is 5.84. The Bertz CT molecular complexity index is 296. The highest BCUT2D eigenvalue weighted by atomic mass is 35.5. The van der Waals surface area contributed by atoms with Gasteiger partial charge in [0.05, 0.1) is 6.61 Å². The molecule has 2 rings (SSSR count). The minimum absolute atomic E-state index is 0. The molecule has 1 heterocycles. The molecule has 16 heavy (non-hydrogen) atoms. The van der Waals surface area contributed by atoms with Crippen LogP contribution < -0.4 is 15.4 Å². The molecule has 0 unspecified atom stereocenters. The van der Waals surface area contributed by atoms with Crippen molar-refractivity contribution >= 4 is 12.4 Å². The van der Waals surface area contributed by atoms with E-state index >= 15 is 0 Å². The molecule has 0 bridgehead atoms. The maximum absolute atomic E-state index is 5.41. The van der Waals surface area contributed by atoms with Gasteiger partial charge in [0.2, 0.25) is 0 Å². The molecule has 4 heteroatoms. The highest BCUT2D eigenvalue weighted by molar-refractivity contribution is 5.85. The van der Waals surface area contributed by atoms with E-state index in [-0.39, 0.29) is 12.4 Å². The average molecular weight is 243 g/mol. The van der Waals surface area contributed by atoms with Crippen LogP contribution in [-0.2, 0) is 0 Å². The van der Waals surface area contributed by atoms with E-state index in [1.54, 1.807) is 0 Å². The molecule has 1 saturated heterocycles. The summed E-state index contributed by atoms with van der Waals surface area (Å²) < 4.78 is 5.41. The average Bonchev–Trinajstić information content (AvgIpc) is 2.32. The summed E-state index contributed by atoms with van der Waals surface area (Å²) in [5.74, 6) is 0.949. The summed E-state index contributed by atoms with van der Waals surface area (Å²) in [6.07, 6.45) is 0. The number of hydrogen-bond donors (Lipinski definition) is 2. The van der Waals surface area contributed by atoms with E-state index in [1.807, 2.05) is 19.1 Å². The zero-order valence-corrected chi connectivity index (χ0v) is 10.3. The lowest BCUT2D eigenvalue weighted by atomic mass is 10.1. The molecular weight excluding hydrogens is 224 g/mol. The van der Waals surface area contributed by atoms with Crippen LogP contribution >= 0.6 is 12.4 Å². The van der Waals surface area contributed by atoms with Gasteiger partial charge >= 0.3 is 0 Å². The second kappa shape index (κ2) is 6.74. The molecule has 1 aliphatic rings. The molecule has 3 nitrogen and oxygen atoms in total. The first kappa shape index (κ1) is 13.3. The van der Waals surface area contributed by atoms with Gasteiger partial charge in [-0.25, -0.2) is 0 Å². The monoisotopic (exact) mass is 242 g/mol. The van der Waals surface area contributed by atoms with Crippen molar-refractivity contribution in [3.05, 3.63) is 29.8 Å². The third-order valence-electron chi connectivity index (χ3n) is 2.63. The summed E-state index contributed by atoms with van der Waals surface area (Å²) >= 11 is 0. The minimum atomic E-state index is 0. The summed E-state index contributed by atoms with van der Waals surface area (Å²) in [4.78, 5) is 0. The number of hydrogen-bond acceptors (Lipinski definition) is 3. The highest BCUT2D eigenvalue weighted by Gasteiger charge is 2.13. The van der Waals surface area contributed by atoms with Gasteiger partial charge < -0.3 is 15.4 Å². The van der Waals surface area contributed by atoms with E-state index in [0.29, 0.717) is 6.04 Å². The molecule has 0 radical (unpaired) electrons. The molecule has 0 saturated carbocycles. The third-order valence-corrected chi connectivity index (χ3v) is 2.63. The van der Waals surface area contributed by atoms with Crippen LogP contribution in [0, 0.1) is 0 Å². The lowest BCUT2D eigenvalue weighted by Crippen LogP contribution is -2.42. The maximum Gasteiger partial charge on any atom is 0.119 e. The van der Waals surface area contributed by atoms with Gasteiger partial charge in [0.25, 0.3) is 0 Å². The van der Waals surface area contributed by atoms with Gasteiger partial charge in [0.15, 0.2) is 0 Å². The fourth-order valence-electron chi connectivity index (χ4n) is 1.85. The van der Waals surface area contributed by atoms with Crippen LogP contribution in [0.5, 0.6) is 5.75 Å². The highest BCUT2D eigenvalue weighted by Crippen LogP contribution is 2.18. The lowest BCUT2D eigenvalue weighted by Gasteiger charge is -2.24. The molecule has 1 aromatic rings. The van der Waals surface area contributed by atoms with Crippen molar-refractivity contribution in [3.8, 4) is 5.75 Å². The first-order chi connectivity index (χ1) is 7.40. The second-order valence-electron chi connectivity index (χ2n) is 3.71.